The van der Waals surface area contributed by atoms with Gasteiger partial charge in [-0.15, -0.1) is 11.3 Å². The number of carbonyl (C=O) groups excluding carboxylic acids is 4. The van der Waals surface area contributed by atoms with Crippen LogP contribution in [0.1, 0.15) is 120 Å². The van der Waals surface area contributed by atoms with E-state index in [1.807, 2.05) is 62.7 Å². The minimum absolute atomic E-state index is 0.00397. The van der Waals surface area contributed by atoms with E-state index in [4.69, 9.17) is 21.1 Å². The van der Waals surface area contributed by atoms with Crippen LogP contribution in [0.3, 0.4) is 0 Å². The van der Waals surface area contributed by atoms with Crippen molar-refractivity contribution in [1.82, 2.24) is 25.8 Å². The first-order chi connectivity index (χ1) is 32.8. The van der Waals surface area contributed by atoms with Gasteiger partial charge in [-0.1, -0.05) is 84.3 Å². The number of hydrogen-bond acceptors (Lipinski definition) is 11. The molecule has 3 fully saturated rings. The Balaban J connectivity index is 0.789. The fourth-order valence-corrected chi connectivity index (χ4v) is 11.1. The summed E-state index contributed by atoms with van der Waals surface area (Å²) in [6, 6.07) is 20.6. The number of carbonyl (C=O) groups is 4. The predicted molar refractivity (Wildman–Crippen MR) is 268 cm³/mol. The zero-order valence-electron chi connectivity index (χ0n) is 40.7. The van der Waals surface area contributed by atoms with Gasteiger partial charge in [0.1, 0.15) is 36.6 Å². The van der Waals surface area contributed by atoms with Crippen molar-refractivity contribution in [3.05, 3.63) is 99.6 Å². The number of thiazole rings is 1. The van der Waals surface area contributed by atoms with E-state index in [0.29, 0.717) is 41.0 Å². The number of halogens is 1. The van der Waals surface area contributed by atoms with Crippen molar-refractivity contribution in [1.29, 1.82) is 5.26 Å². The molecule has 0 radical (unpaired) electrons. The average molecular weight is 981 g/mol. The summed E-state index contributed by atoms with van der Waals surface area (Å²) in [5.74, 6) is -0.238. The molecule has 1 aliphatic heterocycles. The Hall–Kier alpha value is -5.53. The quantitative estimate of drug-likeness (QED) is 0.0539. The third-order valence-corrected chi connectivity index (χ3v) is 14.8. The Bertz CT molecular complexity index is 2500. The summed E-state index contributed by atoms with van der Waals surface area (Å²) in [5, 5.41) is 32.6. The topological polar surface area (TPSA) is 195 Å². The Morgan fingerprint density at radius 2 is 1.70 bits per heavy atom. The van der Waals surface area contributed by atoms with Crippen molar-refractivity contribution < 1.29 is 33.8 Å². The lowest BCUT2D eigenvalue weighted by atomic mass is 9.49. The molecule has 69 heavy (non-hydrogen) atoms. The summed E-state index contributed by atoms with van der Waals surface area (Å²) in [6.07, 6.45) is 3.85. The van der Waals surface area contributed by atoms with Crippen molar-refractivity contribution >= 4 is 52.3 Å². The highest BCUT2D eigenvalue weighted by Crippen LogP contribution is 2.55. The lowest BCUT2D eigenvalue weighted by molar-refractivity contribution is -0.164. The van der Waals surface area contributed by atoms with Crippen LogP contribution >= 0.6 is 22.9 Å². The van der Waals surface area contributed by atoms with E-state index in [0.717, 1.165) is 36.1 Å². The number of nitrogens with zero attached hydrogens (tertiary/aromatic N) is 3. The SMILES string of the molecule is CC(C)(C)[C@H](NC(=O)COCCCCCNc1ccc(C(=O)N[C@H]2C(C)(C)[C@H](Oc3ccc(C#N)c(Cl)c3)C2(C)C)cc1)C(=O)N1C[C@H](O)C[C@H]1C(=O)NCc1ccc(-c2scnc2C2CC2)cc1. The molecule has 2 saturated carbocycles. The molecule has 1 aromatic heterocycles. The second-order valence-electron chi connectivity index (χ2n) is 20.9. The maximum absolute atomic E-state index is 14.0. The summed E-state index contributed by atoms with van der Waals surface area (Å²) in [6.45, 7) is 15.0. The van der Waals surface area contributed by atoms with Crippen molar-refractivity contribution in [2.75, 3.05) is 31.6 Å². The van der Waals surface area contributed by atoms with Crippen LogP contribution in [-0.4, -0.2) is 95.3 Å². The predicted octanol–water partition coefficient (Wildman–Crippen LogP) is 8.23. The molecule has 4 aromatic rings. The largest absolute Gasteiger partial charge is 0.489 e. The molecule has 14 nitrogen and oxygen atoms in total. The Morgan fingerprint density at radius 3 is 2.35 bits per heavy atom. The van der Waals surface area contributed by atoms with E-state index in [2.05, 4.69) is 60.0 Å². The molecular formula is C53H66ClN7O7S. The number of unbranched alkanes of at least 4 members (excludes halogenated alkanes) is 2. The summed E-state index contributed by atoms with van der Waals surface area (Å²) in [4.78, 5) is 61.2. The molecular weight excluding hydrogens is 914 g/mol. The summed E-state index contributed by atoms with van der Waals surface area (Å²) in [5.41, 5.74) is 5.48. The molecule has 16 heteroatoms. The maximum atomic E-state index is 14.0. The zero-order chi connectivity index (χ0) is 49.7. The molecule has 3 aliphatic rings. The number of aliphatic hydroxyl groups is 1. The van der Waals surface area contributed by atoms with Gasteiger partial charge in [-0.05, 0) is 85.0 Å². The van der Waals surface area contributed by atoms with E-state index in [9.17, 15) is 29.5 Å². The molecule has 4 amide bonds. The Labute approximate surface area is 414 Å². The number of β-amino-alcohol motifs (C(OH)–C–C–N with tert-alkyl or cyclic N) is 1. The average Bonchev–Trinajstić information content (AvgIpc) is 3.90. The van der Waals surface area contributed by atoms with Gasteiger partial charge in [0.15, 0.2) is 0 Å². The lowest BCUT2D eigenvalue weighted by Crippen LogP contribution is -2.74. The molecule has 3 atom stereocenters. The standard InChI is InChI=1S/C53H66ClN7O7S/c1-51(2,3)45(48(66)61-29-38(62)25-41(61)47(65)57-28-32-11-13-34(14-12-32)44-43(33-15-16-33)58-31-69-44)59-42(63)30-67-24-10-8-9-23-56-37-20-17-35(18-21-37)46(64)60-49-52(4,5)50(53(49,6)7)68-39-22-19-36(27-55)40(54)26-39/h11-14,17-22,26,31,33,38,41,45,49-50,56,62H,8-10,15-16,23-25,28-30H2,1-7H3,(H,57,65)(H,59,63)(H,60,64)/t38-,41+,45-,49-,50-/m1/s1. The van der Waals surface area contributed by atoms with Crippen LogP contribution in [0.5, 0.6) is 5.75 Å². The van der Waals surface area contributed by atoms with E-state index in [-0.39, 0.29) is 60.9 Å². The van der Waals surface area contributed by atoms with Gasteiger partial charge in [-0.3, -0.25) is 19.2 Å². The number of nitriles is 1. The van der Waals surface area contributed by atoms with Crippen LogP contribution < -0.4 is 26.0 Å². The van der Waals surface area contributed by atoms with Gasteiger partial charge < -0.3 is 40.7 Å². The van der Waals surface area contributed by atoms with Crippen LogP contribution in [0.15, 0.2) is 72.2 Å². The molecule has 0 unspecified atom stereocenters. The second kappa shape index (κ2) is 21.6. The van der Waals surface area contributed by atoms with Crippen LogP contribution in [0, 0.1) is 27.6 Å². The minimum atomic E-state index is -0.943. The summed E-state index contributed by atoms with van der Waals surface area (Å²) >= 11 is 7.88. The number of amides is 4. The monoisotopic (exact) mass is 979 g/mol. The highest BCUT2D eigenvalue weighted by molar-refractivity contribution is 7.13. The van der Waals surface area contributed by atoms with E-state index in [1.165, 1.54) is 28.3 Å². The molecule has 3 aromatic carbocycles. The molecule has 0 spiro atoms. The first kappa shape index (κ1) is 51.3. The molecule has 5 N–H and O–H groups in total. The van der Waals surface area contributed by atoms with Gasteiger partial charge in [0.2, 0.25) is 17.7 Å². The van der Waals surface area contributed by atoms with Crippen LogP contribution in [-0.2, 0) is 25.7 Å². The first-order valence-electron chi connectivity index (χ1n) is 23.9. The highest BCUT2D eigenvalue weighted by Gasteiger charge is 2.64. The van der Waals surface area contributed by atoms with Crippen molar-refractivity contribution in [2.24, 2.45) is 16.2 Å². The summed E-state index contributed by atoms with van der Waals surface area (Å²) in [7, 11) is 0. The first-order valence-corrected chi connectivity index (χ1v) is 25.2. The van der Waals surface area contributed by atoms with Gasteiger partial charge in [0, 0.05) is 72.8 Å². The van der Waals surface area contributed by atoms with Crippen LogP contribution in [0.4, 0.5) is 5.69 Å². The molecule has 2 aliphatic carbocycles. The van der Waals surface area contributed by atoms with Gasteiger partial charge in [0.25, 0.3) is 5.91 Å². The third-order valence-electron chi connectivity index (χ3n) is 13.6. The number of benzene rings is 3. The number of anilines is 1. The third kappa shape index (κ3) is 12.3. The smallest absolute Gasteiger partial charge is 0.251 e. The lowest BCUT2D eigenvalue weighted by Gasteiger charge is -2.63. The van der Waals surface area contributed by atoms with Crippen LogP contribution in [0.25, 0.3) is 10.4 Å². The fraction of sp³-hybridized carbons (Fsp3) is 0.509. The molecule has 7 rings (SSSR count). The molecule has 1 saturated heterocycles. The van der Waals surface area contributed by atoms with Crippen molar-refractivity contribution in [2.45, 2.75) is 130 Å². The normalized spacial score (nSPS) is 20.8. The molecule has 0 bridgehead atoms. The number of hydrogen-bond donors (Lipinski definition) is 5. The van der Waals surface area contributed by atoms with Crippen molar-refractivity contribution in [3.8, 4) is 22.3 Å². The Kier molecular flexibility index (Phi) is 16.1. The maximum Gasteiger partial charge on any atom is 0.251 e. The second-order valence-corrected chi connectivity index (χ2v) is 22.2. The van der Waals surface area contributed by atoms with E-state index in [1.54, 1.807) is 41.7 Å². The van der Waals surface area contributed by atoms with Gasteiger partial charge in [-0.25, -0.2) is 4.98 Å². The van der Waals surface area contributed by atoms with Gasteiger partial charge >= 0.3 is 0 Å². The number of aromatic nitrogens is 1. The summed E-state index contributed by atoms with van der Waals surface area (Å²) < 4.78 is 12.1. The highest BCUT2D eigenvalue weighted by atomic mass is 35.5. The molecule has 368 valence electrons. The number of ether oxygens (including phenoxy) is 2. The van der Waals surface area contributed by atoms with E-state index < -0.39 is 35.4 Å². The van der Waals surface area contributed by atoms with E-state index >= 15 is 0 Å². The zero-order valence-corrected chi connectivity index (χ0v) is 42.3. The van der Waals surface area contributed by atoms with Crippen molar-refractivity contribution in [3.63, 3.8) is 0 Å². The Morgan fingerprint density at radius 1 is 0.986 bits per heavy atom. The fourth-order valence-electron chi connectivity index (χ4n) is 9.98. The minimum Gasteiger partial charge on any atom is -0.489 e. The van der Waals surface area contributed by atoms with Gasteiger partial charge in [0.05, 0.1) is 32.8 Å². The number of rotatable bonds is 20. The number of nitrogens with one attached hydrogen (secondary N) is 4. The number of likely N-dealkylation sites (tertiary alicyclic amines) is 1. The van der Waals surface area contributed by atoms with Crippen LogP contribution in [0.2, 0.25) is 5.02 Å². The van der Waals surface area contributed by atoms with Gasteiger partial charge in [-0.2, -0.15) is 5.26 Å². The molecule has 2 heterocycles. The number of aliphatic hydroxyl groups excluding tert-OH is 1.